The molecule has 0 bridgehead atoms. The minimum Gasteiger partial charge on any atom is -0.489 e. The quantitative estimate of drug-likeness (QED) is 0.680. The van der Waals surface area contributed by atoms with Gasteiger partial charge in [0.05, 0.1) is 4.47 Å². The van der Waals surface area contributed by atoms with Crippen LogP contribution >= 0.6 is 31.9 Å². The largest absolute Gasteiger partial charge is 0.489 e. The molecule has 0 saturated carbocycles. The van der Waals surface area contributed by atoms with E-state index in [4.69, 9.17) is 4.74 Å². The lowest BCUT2D eigenvalue weighted by Gasteiger charge is -2.10. The average Bonchev–Trinajstić information content (AvgIpc) is 2.40. The highest BCUT2D eigenvalue weighted by Crippen LogP contribution is 2.23. The molecule has 0 heterocycles. The highest BCUT2D eigenvalue weighted by atomic mass is 79.9. The average molecular weight is 374 g/mol. The number of ether oxygens (including phenoxy) is 1. The van der Waals surface area contributed by atoms with Crippen LogP contribution in [0.25, 0.3) is 0 Å². The molecule has 0 aliphatic carbocycles. The molecule has 0 aromatic heterocycles. The molecule has 0 atom stereocenters. The third kappa shape index (κ3) is 3.33. The smallest absolute Gasteiger partial charge is 0.137 e. The van der Waals surface area contributed by atoms with E-state index in [0.717, 1.165) is 22.2 Å². The van der Waals surface area contributed by atoms with Crippen molar-refractivity contribution in [2.45, 2.75) is 11.9 Å². The molecule has 94 valence electrons. The first-order chi connectivity index (χ1) is 8.70. The molecule has 18 heavy (non-hydrogen) atoms. The molecular formula is C14H11Br2FO. The van der Waals surface area contributed by atoms with Gasteiger partial charge in [-0.1, -0.05) is 40.2 Å². The Balaban J connectivity index is 2.09. The Hall–Kier alpha value is -0.870. The van der Waals surface area contributed by atoms with Crippen molar-refractivity contribution >= 4 is 31.9 Å². The van der Waals surface area contributed by atoms with Gasteiger partial charge in [0, 0.05) is 10.9 Å². The third-order valence-electron chi connectivity index (χ3n) is 2.49. The number of para-hydroxylation sites is 1. The number of rotatable bonds is 4. The van der Waals surface area contributed by atoms with Crippen molar-refractivity contribution in [3.63, 3.8) is 0 Å². The number of halogens is 3. The minimum absolute atomic E-state index is 0.264. The van der Waals surface area contributed by atoms with Crippen LogP contribution in [0, 0.1) is 5.82 Å². The molecule has 0 unspecified atom stereocenters. The van der Waals surface area contributed by atoms with Gasteiger partial charge in [-0.2, -0.15) is 0 Å². The summed E-state index contributed by atoms with van der Waals surface area (Å²) in [6.07, 6.45) is 0. The van der Waals surface area contributed by atoms with Gasteiger partial charge in [-0.05, 0) is 39.7 Å². The Bertz CT molecular complexity index is 543. The molecule has 0 radical (unpaired) electrons. The van der Waals surface area contributed by atoms with Gasteiger partial charge in [-0.15, -0.1) is 0 Å². The molecule has 4 heteroatoms. The van der Waals surface area contributed by atoms with Gasteiger partial charge < -0.3 is 4.74 Å². The van der Waals surface area contributed by atoms with Crippen molar-refractivity contribution in [3.05, 3.63) is 63.9 Å². The zero-order valence-corrected chi connectivity index (χ0v) is 12.7. The Kier molecular flexibility index (Phi) is 4.78. The van der Waals surface area contributed by atoms with E-state index in [1.54, 1.807) is 12.1 Å². The third-order valence-corrected chi connectivity index (χ3v) is 3.71. The molecule has 2 aromatic rings. The van der Waals surface area contributed by atoms with Crippen LogP contribution in [0.4, 0.5) is 4.39 Å². The highest BCUT2D eigenvalue weighted by molar-refractivity contribution is 9.10. The van der Waals surface area contributed by atoms with Gasteiger partial charge in [0.1, 0.15) is 18.2 Å². The summed E-state index contributed by atoms with van der Waals surface area (Å²) in [5, 5.41) is 0.746. The summed E-state index contributed by atoms with van der Waals surface area (Å²) in [5.74, 6) is 0.578. The van der Waals surface area contributed by atoms with Crippen LogP contribution in [-0.4, -0.2) is 0 Å². The van der Waals surface area contributed by atoms with Crippen LogP contribution in [0.1, 0.15) is 11.1 Å². The summed E-state index contributed by atoms with van der Waals surface area (Å²) >= 11 is 6.58. The zero-order chi connectivity index (χ0) is 13.0. The maximum absolute atomic E-state index is 13.1. The van der Waals surface area contributed by atoms with E-state index >= 15 is 0 Å². The molecule has 0 spiro atoms. The second-order valence-corrected chi connectivity index (χ2v) is 5.19. The molecule has 1 nitrogen and oxygen atoms in total. The summed E-state index contributed by atoms with van der Waals surface area (Å²) < 4.78 is 19.3. The monoisotopic (exact) mass is 372 g/mol. The van der Waals surface area contributed by atoms with E-state index in [1.807, 2.05) is 24.3 Å². The zero-order valence-electron chi connectivity index (χ0n) is 9.50. The van der Waals surface area contributed by atoms with Crippen molar-refractivity contribution in [2.75, 3.05) is 0 Å². The van der Waals surface area contributed by atoms with Gasteiger partial charge in [-0.3, -0.25) is 0 Å². The van der Waals surface area contributed by atoms with Crippen molar-refractivity contribution in [2.24, 2.45) is 0 Å². The number of hydrogen-bond donors (Lipinski definition) is 0. The van der Waals surface area contributed by atoms with Crippen molar-refractivity contribution in [3.8, 4) is 5.75 Å². The standard InChI is InChI=1S/C14H11Br2FO/c15-8-11-3-1-2-4-14(11)18-9-10-5-6-13(17)12(16)7-10/h1-7H,8-9H2. The van der Waals surface area contributed by atoms with Crippen molar-refractivity contribution < 1.29 is 9.13 Å². The maximum Gasteiger partial charge on any atom is 0.137 e. The SMILES string of the molecule is Fc1ccc(COc2ccccc2CBr)cc1Br. The molecule has 2 rings (SSSR count). The summed E-state index contributed by atoms with van der Waals surface area (Å²) in [6, 6.07) is 12.7. The van der Waals surface area contributed by atoms with Crippen molar-refractivity contribution in [1.29, 1.82) is 0 Å². The van der Waals surface area contributed by atoms with Crippen molar-refractivity contribution in [1.82, 2.24) is 0 Å². The summed E-state index contributed by atoms with van der Waals surface area (Å²) in [7, 11) is 0. The molecule has 0 fully saturated rings. The fourth-order valence-corrected chi connectivity index (χ4v) is 2.43. The van der Waals surface area contributed by atoms with Crippen LogP contribution in [0.2, 0.25) is 0 Å². The molecule has 0 saturated heterocycles. The van der Waals surface area contributed by atoms with E-state index in [0.29, 0.717) is 11.1 Å². The minimum atomic E-state index is -0.264. The van der Waals surface area contributed by atoms with Gasteiger partial charge >= 0.3 is 0 Å². The van der Waals surface area contributed by atoms with Crippen LogP contribution < -0.4 is 4.74 Å². The Morgan fingerprint density at radius 1 is 1.11 bits per heavy atom. The second-order valence-electron chi connectivity index (χ2n) is 3.78. The topological polar surface area (TPSA) is 9.23 Å². The summed E-state index contributed by atoms with van der Waals surface area (Å²) in [5.41, 5.74) is 2.02. The van der Waals surface area contributed by atoms with Crippen LogP contribution in [0.3, 0.4) is 0 Å². The van der Waals surface area contributed by atoms with Crippen LogP contribution in [-0.2, 0) is 11.9 Å². The highest BCUT2D eigenvalue weighted by Gasteiger charge is 2.04. The van der Waals surface area contributed by atoms with E-state index in [2.05, 4.69) is 31.9 Å². The fourth-order valence-electron chi connectivity index (χ4n) is 1.55. The first-order valence-electron chi connectivity index (χ1n) is 5.41. The Morgan fingerprint density at radius 2 is 1.89 bits per heavy atom. The predicted molar refractivity (Wildman–Crippen MR) is 77.5 cm³/mol. The lowest BCUT2D eigenvalue weighted by Crippen LogP contribution is -1.98. The van der Waals surface area contributed by atoms with Gasteiger partial charge in [0.2, 0.25) is 0 Å². The number of hydrogen-bond acceptors (Lipinski definition) is 1. The number of alkyl halides is 1. The van der Waals surface area contributed by atoms with Gasteiger partial charge in [-0.25, -0.2) is 4.39 Å². The molecule has 0 aliphatic heterocycles. The van der Waals surface area contributed by atoms with E-state index in [9.17, 15) is 4.39 Å². The van der Waals surface area contributed by atoms with E-state index in [-0.39, 0.29) is 5.82 Å². The van der Waals surface area contributed by atoms with Crippen LogP contribution in [0.5, 0.6) is 5.75 Å². The lowest BCUT2D eigenvalue weighted by atomic mass is 10.2. The lowest BCUT2D eigenvalue weighted by molar-refractivity contribution is 0.303. The normalized spacial score (nSPS) is 10.4. The number of benzene rings is 2. The fraction of sp³-hybridized carbons (Fsp3) is 0.143. The first-order valence-corrected chi connectivity index (χ1v) is 7.32. The Morgan fingerprint density at radius 3 is 2.61 bits per heavy atom. The van der Waals surface area contributed by atoms with Crippen LogP contribution in [0.15, 0.2) is 46.9 Å². The Labute approximate surface area is 122 Å². The first kappa shape index (κ1) is 13.6. The maximum atomic E-state index is 13.1. The van der Waals surface area contributed by atoms with Gasteiger partial charge in [0.15, 0.2) is 0 Å². The van der Waals surface area contributed by atoms with E-state index in [1.165, 1.54) is 6.07 Å². The predicted octanol–water partition coefficient (Wildman–Crippen LogP) is 5.06. The molecule has 2 aromatic carbocycles. The molecule has 0 amide bonds. The molecular weight excluding hydrogens is 363 g/mol. The molecule has 0 aliphatic rings. The molecule has 0 N–H and O–H groups in total. The second kappa shape index (κ2) is 6.34. The summed E-state index contributed by atoms with van der Waals surface area (Å²) in [4.78, 5) is 0. The summed E-state index contributed by atoms with van der Waals surface area (Å²) in [6.45, 7) is 0.420. The van der Waals surface area contributed by atoms with Gasteiger partial charge in [0.25, 0.3) is 0 Å². The van der Waals surface area contributed by atoms with E-state index < -0.39 is 0 Å².